The number of esters is 1. The maximum absolute atomic E-state index is 13.3. The van der Waals surface area contributed by atoms with Crippen LogP contribution in [0.15, 0.2) is 65.6 Å². The number of carbonyl (C=O) groups is 2. The van der Waals surface area contributed by atoms with Gasteiger partial charge in [0.05, 0.1) is 17.7 Å². The molecule has 3 rings (SSSR count). The lowest BCUT2D eigenvalue weighted by atomic mass is 10.1. The summed E-state index contributed by atoms with van der Waals surface area (Å²) in [6, 6.07) is 15.5. The van der Waals surface area contributed by atoms with Crippen LogP contribution in [0.3, 0.4) is 0 Å². The SMILES string of the molecule is COc1ccc(S(=O)(=O)N(C(C)=O)c2ccc(OC(C)=O)c3ccccc23)cc1. The van der Waals surface area contributed by atoms with Crippen molar-refractivity contribution in [1.29, 1.82) is 0 Å². The van der Waals surface area contributed by atoms with E-state index in [-0.39, 0.29) is 16.3 Å². The third-order valence-corrected chi connectivity index (χ3v) is 6.02. The predicted molar refractivity (Wildman–Crippen MR) is 109 cm³/mol. The lowest BCUT2D eigenvalue weighted by molar-refractivity contribution is -0.131. The second kappa shape index (κ2) is 7.92. The van der Waals surface area contributed by atoms with Gasteiger partial charge in [-0.2, -0.15) is 0 Å². The molecular formula is C21H19NO6S. The molecule has 0 aliphatic heterocycles. The van der Waals surface area contributed by atoms with E-state index in [1.54, 1.807) is 24.3 Å². The van der Waals surface area contributed by atoms with Crippen molar-refractivity contribution in [3.05, 3.63) is 60.7 Å². The van der Waals surface area contributed by atoms with Crippen molar-refractivity contribution in [2.24, 2.45) is 0 Å². The summed E-state index contributed by atoms with van der Waals surface area (Å²) in [4.78, 5) is 23.8. The van der Waals surface area contributed by atoms with Crippen LogP contribution < -0.4 is 13.8 Å². The Balaban J connectivity index is 2.21. The van der Waals surface area contributed by atoms with Gasteiger partial charge in [-0.05, 0) is 36.4 Å². The minimum Gasteiger partial charge on any atom is -0.497 e. The zero-order valence-electron chi connectivity index (χ0n) is 16.1. The number of hydrogen-bond donors (Lipinski definition) is 0. The molecule has 0 aliphatic carbocycles. The lowest BCUT2D eigenvalue weighted by Gasteiger charge is -2.23. The predicted octanol–water partition coefficient (Wildman–Crippen LogP) is 3.52. The first kappa shape index (κ1) is 20.3. The molecule has 0 fully saturated rings. The van der Waals surface area contributed by atoms with Crippen LogP contribution in [-0.2, 0) is 19.6 Å². The number of ether oxygens (including phenoxy) is 2. The van der Waals surface area contributed by atoms with Crippen LogP contribution in [-0.4, -0.2) is 27.4 Å². The fourth-order valence-corrected chi connectivity index (χ4v) is 4.45. The second-order valence-electron chi connectivity index (χ2n) is 6.19. The van der Waals surface area contributed by atoms with Crippen molar-refractivity contribution < 1.29 is 27.5 Å². The van der Waals surface area contributed by atoms with Crippen molar-refractivity contribution >= 4 is 38.4 Å². The van der Waals surface area contributed by atoms with E-state index in [1.165, 1.54) is 57.4 Å². The molecule has 0 heterocycles. The van der Waals surface area contributed by atoms with E-state index >= 15 is 0 Å². The van der Waals surface area contributed by atoms with Crippen LogP contribution in [0.4, 0.5) is 5.69 Å². The van der Waals surface area contributed by atoms with Crippen LogP contribution in [0.25, 0.3) is 10.8 Å². The molecule has 0 N–H and O–H groups in total. The standard InChI is InChI=1S/C21H19NO6S/c1-14(23)22(29(25,26)17-10-8-16(27-3)9-11-17)20-12-13-21(28-15(2)24)19-7-5-4-6-18(19)20/h4-13H,1-3H3. The van der Waals surface area contributed by atoms with Crippen molar-refractivity contribution in [1.82, 2.24) is 0 Å². The molecule has 0 unspecified atom stereocenters. The Morgan fingerprint density at radius 3 is 2.03 bits per heavy atom. The first-order valence-electron chi connectivity index (χ1n) is 8.66. The number of fused-ring (bicyclic) bond motifs is 1. The van der Waals surface area contributed by atoms with Crippen molar-refractivity contribution in [2.45, 2.75) is 18.7 Å². The smallest absolute Gasteiger partial charge is 0.308 e. The summed E-state index contributed by atoms with van der Waals surface area (Å²) >= 11 is 0. The molecule has 0 bridgehead atoms. The maximum Gasteiger partial charge on any atom is 0.308 e. The molecule has 150 valence electrons. The van der Waals surface area contributed by atoms with Crippen LogP contribution >= 0.6 is 0 Å². The minimum atomic E-state index is -4.19. The van der Waals surface area contributed by atoms with Crippen LogP contribution in [0, 0.1) is 0 Å². The van der Waals surface area contributed by atoms with Crippen molar-refractivity contribution in [3.63, 3.8) is 0 Å². The highest BCUT2D eigenvalue weighted by Gasteiger charge is 2.30. The number of hydrogen-bond acceptors (Lipinski definition) is 6. The summed E-state index contributed by atoms with van der Waals surface area (Å²) in [7, 11) is -2.71. The van der Waals surface area contributed by atoms with Gasteiger partial charge >= 0.3 is 5.97 Å². The molecule has 29 heavy (non-hydrogen) atoms. The molecule has 0 aromatic heterocycles. The first-order chi connectivity index (χ1) is 13.8. The topological polar surface area (TPSA) is 90.0 Å². The van der Waals surface area contributed by atoms with Crippen molar-refractivity contribution in [2.75, 3.05) is 11.4 Å². The molecule has 0 aliphatic rings. The molecular weight excluding hydrogens is 394 g/mol. The molecule has 0 atom stereocenters. The molecule has 0 saturated heterocycles. The van der Waals surface area contributed by atoms with Gasteiger partial charge < -0.3 is 9.47 Å². The van der Waals surface area contributed by atoms with Gasteiger partial charge in [0.25, 0.3) is 10.0 Å². The summed E-state index contributed by atoms with van der Waals surface area (Å²) < 4.78 is 37.5. The number of sulfonamides is 1. The Kier molecular flexibility index (Phi) is 5.56. The van der Waals surface area contributed by atoms with Crippen LogP contribution in [0.1, 0.15) is 13.8 Å². The van der Waals surface area contributed by atoms with Gasteiger partial charge in [-0.1, -0.05) is 24.3 Å². The average molecular weight is 413 g/mol. The van der Waals surface area contributed by atoms with E-state index in [9.17, 15) is 18.0 Å². The molecule has 7 nitrogen and oxygen atoms in total. The fraction of sp³-hybridized carbons (Fsp3) is 0.143. The largest absolute Gasteiger partial charge is 0.497 e. The molecule has 1 amide bonds. The summed E-state index contributed by atoms with van der Waals surface area (Å²) in [6.45, 7) is 2.45. The molecule has 3 aromatic rings. The Labute approximate surface area is 168 Å². The lowest BCUT2D eigenvalue weighted by Crippen LogP contribution is -2.35. The first-order valence-corrected chi connectivity index (χ1v) is 10.1. The third-order valence-electron chi connectivity index (χ3n) is 4.22. The van der Waals surface area contributed by atoms with Crippen LogP contribution in [0.5, 0.6) is 11.5 Å². The maximum atomic E-state index is 13.3. The monoisotopic (exact) mass is 413 g/mol. The molecule has 0 saturated carbocycles. The van der Waals surface area contributed by atoms with Crippen molar-refractivity contribution in [3.8, 4) is 11.5 Å². The third kappa shape index (κ3) is 3.93. The van der Waals surface area contributed by atoms with E-state index in [2.05, 4.69) is 0 Å². The number of carbonyl (C=O) groups excluding carboxylic acids is 2. The minimum absolute atomic E-state index is 0.0540. The average Bonchev–Trinajstić information content (AvgIpc) is 2.69. The fourth-order valence-electron chi connectivity index (χ4n) is 3.00. The Morgan fingerprint density at radius 2 is 1.48 bits per heavy atom. The Bertz CT molecular complexity index is 1190. The highest BCUT2D eigenvalue weighted by Crippen LogP contribution is 2.36. The highest BCUT2D eigenvalue weighted by molar-refractivity contribution is 7.93. The van der Waals surface area contributed by atoms with Gasteiger partial charge in [0, 0.05) is 24.6 Å². The number of benzene rings is 3. The van der Waals surface area contributed by atoms with Gasteiger partial charge in [-0.25, -0.2) is 12.7 Å². The Hall–Kier alpha value is -3.39. The summed E-state index contributed by atoms with van der Waals surface area (Å²) in [6.07, 6.45) is 0. The van der Waals surface area contributed by atoms with E-state index in [1.807, 2.05) is 0 Å². The summed E-state index contributed by atoms with van der Waals surface area (Å²) in [5.74, 6) is -0.403. The van der Waals surface area contributed by atoms with Gasteiger partial charge in [-0.3, -0.25) is 9.59 Å². The van der Waals surface area contributed by atoms with E-state index < -0.39 is 21.9 Å². The van der Waals surface area contributed by atoms with E-state index in [0.29, 0.717) is 16.5 Å². The highest BCUT2D eigenvalue weighted by atomic mass is 32.2. The van der Waals surface area contributed by atoms with E-state index in [4.69, 9.17) is 9.47 Å². The summed E-state index contributed by atoms with van der Waals surface area (Å²) in [5, 5.41) is 0.968. The quantitative estimate of drug-likeness (QED) is 0.470. The Morgan fingerprint density at radius 1 is 0.862 bits per heavy atom. The molecule has 0 radical (unpaired) electrons. The van der Waals surface area contributed by atoms with E-state index in [0.717, 1.165) is 4.31 Å². The molecule has 0 spiro atoms. The number of methoxy groups -OCH3 is 1. The number of anilines is 1. The van der Waals surface area contributed by atoms with Gasteiger partial charge in [-0.15, -0.1) is 0 Å². The molecule has 8 heteroatoms. The summed E-state index contributed by atoms with van der Waals surface area (Å²) in [5.41, 5.74) is 0.167. The number of nitrogens with zero attached hydrogens (tertiary/aromatic N) is 1. The zero-order chi connectivity index (χ0) is 21.2. The zero-order valence-corrected chi connectivity index (χ0v) is 16.9. The normalized spacial score (nSPS) is 11.1. The number of amides is 1. The van der Waals surface area contributed by atoms with Gasteiger partial charge in [0.1, 0.15) is 11.5 Å². The molecule has 3 aromatic carbocycles. The van der Waals surface area contributed by atoms with Gasteiger partial charge in [0.15, 0.2) is 0 Å². The number of rotatable bonds is 5. The van der Waals surface area contributed by atoms with Gasteiger partial charge in [0.2, 0.25) is 5.91 Å². The second-order valence-corrected chi connectivity index (χ2v) is 7.97. The van der Waals surface area contributed by atoms with Crippen LogP contribution in [0.2, 0.25) is 0 Å².